The molecule has 2 N–H and O–H groups in total. The van der Waals surface area contributed by atoms with Crippen molar-refractivity contribution >= 4 is 22.5 Å². The molecule has 1 heterocycles. The molecule has 1 saturated carbocycles. The Labute approximate surface area is 122 Å². The summed E-state index contributed by atoms with van der Waals surface area (Å²) in [6, 6.07) is 5.15. The fraction of sp³-hybridized carbons (Fsp3) is 0.467. The van der Waals surface area contributed by atoms with Crippen molar-refractivity contribution in [3.63, 3.8) is 0 Å². The molecule has 0 radical (unpaired) electrons. The van der Waals surface area contributed by atoms with Crippen LogP contribution in [0.2, 0.25) is 5.02 Å². The topological polar surface area (TPSA) is 57.8 Å². The Bertz CT molecular complexity index is 686. The molecule has 0 spiro atoms. The standard InChI is InChI=1S/C15H18ClN3O/c1-2-15(6-3-7-15)17-9-13-18-12-8-10(16)4-5-11(12)14(20)19-13/h4-5,8,17H,2-3,6-7,9H2,1H3,(H,18,19,20). The van der Waals surface area contributed by atoms with Gasteiger partial charge in [-0.1, -0.05) is 18.5 Å². The highest BCUT2D eigenvalue weighted by atomic mass is 35.5. The van der Waals surface area contributed by atoms with Gasteiger partial charge in [0.1, 0.15) is 5.82 Å². The number of rotatable bonds is 4. The minimum absolute atomic E-state index is 0.109. The number of benzene rings is 1. The monoisotopic (exact) mass is 291 g/mol. The number of aromatic nitrogens is 2. The molecule has 0 atom stereocenters. The van der Waals surface area contributed by atoms with E-state index in [0.717, 1.165) is 6.42 Å². The van der Waals surface area contributed by atoms with Crippen molar-refractivity contribution in [3.8, 4) is 0 Å². The Kier molecular flexibility index (Phi) is 3.52. The first-order valence-electron chi connectivity index (χ1n) is 7.05. The first kappa shape index (κ1) is 13.6. The zero-order valence-electron chi connectivity index (χ0n) is 11.5. The summed E-state index contributed by atoms with van der Waals surface area (Å²) >= 11 is 5.96. The maximum absolute atomic E-state index is 12.0. The van der Waals surface area contributed by atoms with Crippen molar-refractivity contribution in [1.82, 2.24) is 15.3 Å². The van der Waals surface area contributed by atoms with Gasteiger partial charge in [0.2, 0.25) is 0 Å². The molecule has 5 heteroatoms. The van der Waals surface area contributed by atoms with Gasteiger partial charge in [-0.05, 0) is 43.9 Å². The second-order valence-electron chi connectivity index (χ2n) is 5.52. The summed E-state index contributed by atoms with van der Waals surface area (Å²) in [6.45, 7) is 2.79. The van der Waals surface area contributed by atoms with Crippen LogP contribution in [0.3, 0.4) is 0 Å². The van der Waals surface area contributed by atoms with Crippen molar-refractivity contribution in [2.75, 3.05) is 0 Å². The molecule has 2 aromatic rings. The smallest absolute Gasteiger partial charge is 0.258 e. The number of hydrogen-bond donors (Lipinski definition) is 2. The van der Waals surface area contributed by atoms with E-state index in [-0.39, 0.29) is 11.1 Å². The predicted molar refractivity (Wildman–Crippen MR) is 81.1 cm³/mol. The van der Waals surface area contributed by atoms with Crippen LogP contribution in [0.15, 0.2) is 23.0 Å². The van der Waals surface area contributed by atoms with Crippen LogP contribution in [0, 0.1) is 0 Å². The summed E-state index contributed by atoms with van der Waals surface area (Å²) in [5.74, 6) is 0.671. The molecule has 0 unspecified atom stereocenters. The van der Waals surface area contributed by atoms with Crippen LogP contribution in [-0.2, 0) is 6.54 Å². The van der Waals surface area contributed by atoms with Crippen LogP contribution >= 0.6 is 11.6 Å². The van der Waals surface area contributed by atoms with Gasteiger partial charge in [0, 0.05) is 10.6 Å². The Morgan fingerprint density at radius 1 is 1.45 bits per heavy atom. The molecule has 3 rings (SSSR count). The molecule has 1 fully saturated rings. The van der Waals surface area contributed by atoms with Crippen LogP contribution in [0.25, 0.3) is 10.9 Å². The second kappa shape index (κ2) is 5.19. The van der Waals surface area contributed by atoms with Gasteiger partial charge in [-0.15, -0.1) is 0 Å². The zero-order chi connectivity index (χ0) is 14.2. The number of halogens is 1. The molecule has 1 aromatic carbocycles. The van der Waals surface area contributed by atoms with Gasteiger partial charge in [-0.25, -0.2) is 4.98 Å². The molecule has 1 aromatic heterocycles. The van der Waals surface area contributed by atoms with E-state index in [9.17, 15) is 4.79 Å². The SMILES string of the molecule is CCC1(NCc2nc3cc(Cl)ccc3c(=O)[nH]2)CCC1. The van der Waals surface area contributed by atoms with E-state index in [1.165, 1.54) is 19.3 Å². The van der Waals surface area contributed by atoms with E-state index in [2.05, 4.69) is 22.2 Å². The molecule has 0 saturated heterocycles. The third-order valence-corrected chi connectivity index (χ3v) is 4.57. The van der Waals surface area contributed by atoms with Gasteiger partial charge in [-0.3, -0.25) is 4.79 Å². The molecule has 106 valence electrons. The Morgan fingerprint density at radius 3 is 2.90 bits per heavy atom. The zero-order valence-corrected chi connectivity index (χ0v) is 12.3. The van der Waals surface area contributed by atoms with E-state index in [1.807, 2.05) is 0 Å². The molecule has 0 bridgehead atoms. The molecule has 4 nitrogen and oxygen atoms in total. The first-order valence-corrected chi connectivity index (χ1v) is 7.43. The van der Waals surface area contributed by atoms with E-state index in [4.69, 9.17) is 11.6 Å². The number of H-pyrrole nitrogens is 1. The van der Waals surface area contributed by atoms with Crippen LogP contribution in [0.4, 0.5) is 0 Å². The van der Waals surface area contributed by atoms with Gasteiger partial charge >= 0.3 is 0 Å². The second-order valence-corrected chi connectivity index (χ2v) is 5.95. The predicted octanol–water partition coefficient (Wildman–Crippen LogP) is 3.00. The third kappa shape index (κ3) is 2.45. The average Bonchev–Trinajstić information content (AvgIpc) is 2.37. The maximum Gasteiger partial charge on any atom is 0.258 e. The number of fused-ring (bicyclic) bond motifs is 1. The summed E-state index contributed by atoms with van der Waals surface area (Å²) in [6.07, 6.45) is 4.79. The van der Waals surface area contributed by atoms with Gasteiger partial charge in [0.15, 0.2) is 0 Å². The van der Waals surface area contributed by atoms with E-state index in [1.54, 1.807) is 18.2 Å². The fourth-order valence-electron chi connectivity index (χ4n) is 2.77. The van der Waals surface area contributed by atoms with Gasteiger partial charge in [0.25, 0.3) is 5.56 Å². The highest BCUT2D eigenvalue weighted by molar-refractivity contribution is 6.31. The van der Waals surface area contributed by atoms with Crippen LogP contribution in [0.1, 0.15) is 38.4 Å². The normalized spacial score (nSPS) is 17.1. The maximum atomic E-state index is 12.0. The van der Waals surface area contributed by atoms with Crippen molar-refractivity contribution in [2.24, 2.45) is 0 Å². The molecule has 20 heavy (non-hydrogen) atoms. The highest BCUT2D eigenvalue weighted by Crippen LogP contribution is 2.34. The van der Waals surface area contributed by atoms with Crippen molar-refractivity contribution < 1.29 is 0 Å². The molecular weight excluding hydrogens is 274 g/mol. The summed E-state index contributed by atoms with van der Waals surface area (Å²) in [4.78, 5) is 19.4. The average molecular weight is 292 g/mol. The minimum atomic E-state index is -0.109. The Morgan fingerprint density at radius 2 is 2.25 bits per heavy atom. The Hall–Kier alpha value is -1.39. The first-order chi connectivity index (χ1) is 9.62. The summed E-state index contributed by atoms with van der Waals surface area (Å²) in [5.41, 5.74) is 0.779. The van der Waals surface area contributed by atoms with Crippen molar-refractivity contribution in [1.29, 1.82) is 0 Å². The summed E-state index contributed by atoms with van der Waals surface area (Å²) < 4.78 is 0. The number of aromatic amines is 1. The lowest BCUT2D eigenvalue weighted by Gasteiger charge is -2.42. The lowest BCUT2D eigenvalue weighted by molar-refractivity contribution is 0.174. The lowest BCUT2D eigenvalue weighted by Crippen LogP contribution is -2.50. The van der Waals surface area contributed by atoms with Gasteiger partial charge in [0.05, 0.1) is 17.4 Å². The summed E-state index contributed by atoms with van der Waals surface area (Å²) in [7, 11) is 0. The number of nitrogens with one attached hydrogen (secondary N) is 2. The van der Waals surface area contributed by atoms with Crippen molar-refractivity contribution in [2.45, 2.75) is 44.7 Å². The highest BCUT2D eigenvalue weighted by Gasteiger charge is 2.34. The van der Waals surface area contributed by atoms with Crippen LogP contribution < -0.4 is 10.9 Å². The molecule has 0 aliphatic heterocycles. The van der Waals surface area contributed by atoms with Crippen LogP contribution in [-0.4, -0.2) is 15.5 Å². The third-order valence-electron chi connectivity index (χ3n) is 4.34. The number of nitrogens with zero attached hydrogens (tertiary/aromatic N) is 1. The van der Waals surface area contributed by atoms with E-state index in [0.29, 0.717) is 28.3 Å². The lowest BCUT2D eigenvalue weighted by atomic mass is 9.75. The molecule has 1 aliphatic carbocycles. The fourth-order valence-corrected chi connectivity index (χ4v) is 2.94. The minimum Gasteiger partial charge on any atom is -0.309 e. The van der Waals surface area contributed by atoms with E-state index < -0.39 is 0 Å². The molecular formula is C15H18ClN3O. The van der Waals surface area contributed by atoms with E-state index >= 15 is 0 Å². The Balaban J connectivity index is 1.87. The van der Waals surface area contributed by atoms with Gasteiger partial charge in [-0.2, -0.15) is 0 Å². The van der Waals surface area contributed by atoms with Crippen molar-refractivity contribution in [3.05, 3.63) is 39.4 Å². The quantitative estimate of drug-likeness (QED) is 0.910. The largest absolute Gasteiger partial charge is 0.309 e. The molecule has 0 amide bonds. The summed E-state index contributed by atoms with van der Waals surface area (Å²) in [5, 5.41) is 4.71. The molecule has 1 aliphatic rings. The van der Waals surface area contributed by atoms with Crippen LogP contribution in [0.5, 0.6) is 0 Å². The van der Waals surface area contributed by atoms with Gasteiger partial charge < -0.3 is 10.3 Å². The number of hydrogen-bond acceptors (Lipinski definition) is 3.